The average Bonchev–Trinajstić information content (AvgIpc) is 2.97. The summed E-state index contributed by atoms with van der Waals surface area (Å²) in [5.41, 5.74) is 2.28. The number of fused-ring (bicyclic) bond motifs is 2. The second-order valence-electron chi connectivity index (χ2n) is 5.91. The van der Waals surface area contributed by atoms with E-state index in [0.29, 0.717) is 16.3 Å². The maximum Gasteiger partial charge on any atom is 0.292 e. The van der Waals surface area contributed by atoms with Crippen molar-refractivity contribution in [2.75, 3.05) is 6.61 Å². The van der Waals surface area contributed by atoms with Crippen LogP contribution in [0.1, 0.15) is 12.5 Å². The van der Waals surface area contributed by atoms with Crippen LogP contribution in [0.2, 0.25) is 0 Å². The Morgan fingerprint density at radius 2 is 2.08 bits per heavy atom. The Kier molecular flexibility index (Phi) is 4.05. The molecule has 1 aliphatic heterocycles. The third-order valence-corrected chi connectivity index (χ3v) is 5.19. The number of hydrogen-bond acceptors (Lipinski definition) is 4. The smallest absolute Gasteiger partial charge is 0.292 e. The summed E-state index contributed by atoms with van der Waals surface area (Å²) in [5.74, 6) is 0.921. The molecule has 128 valence electrons. The molecular formula is C19H18N2O3S. The zero-order valence-corrected chi connectivity index (χ0v) is 14.9. The minimum Gasteiger partial charge on any atom is -0.485 e. The molecule has 1 amide bonds. The quantitative estimate of drug-likeness (QED) is 0.709. The maximum absolute atomic E-state index is 12.6. The van der Waals surface area contributed by atoms with Crippen molar-refractivity contribution < 1.29 is 14.3 Å². The summed E-state index contributed by atoms with van der Waals surface area (Å²) in [7, 11) is 0. The molecule has 0 radical (unpaired) electrons. The standard InChI is InChI=1S/C19H18N2O3S/c1-3-21-13-9-8-12(2)10-17(13)25-19(21)20-18(22)16-11-23-14-6-4-5-7-15(14)24-16/h4-10,16H,3,11H2,1-2H3/t16-/m0/s1. The second kappa shape index (κ2) is 6.37. The molecular weight excluding hydrogens is 336 g/mol. The van der Waals surface area contributed by atoms with Gasteiger partial charge >= 0.3 is 0 Å². The fourth-order valence-corrected chi connectivity index (χ4v) is 4.08. The number of nitrogens with zero attached hydrogens (tertiary/aromatic N) is 2. The molecule has 2 heterocycles. The average molecular weight is 354 g/mol. The van der Waals surface area contributed by atoms with E-state index in [2.05, 4.69) is 34.7 Å². The monoisotopic (exact) mass is 354 g/mol. The highest BCUT2D eigenvalue weighted by Gasteiger charge is 2.27. The second-order valence-corrected chi connectivity index (χ2v) is 6.92. The first-order chi connectivity index (χ1) is 12.2. The Balaban J connectivity index is 1.69. The minimum atomic E-state index is -0.716. The van der Waals surface area contributed by atoms with Gasteiger partial charge in [0.05, 0.1) is 10.2 Å². The molecule has 0 bridgehead atoms. The van der Waals surface area contributed by atoms with Crippen LogP contribution in [0.4, 0.5) is 0 Å². The number of ether oxygens (including phenoxy) is 2. The van der Waals surface area contributed by atoms with E-state index in [0.717, 1.165) is 16.8 Å². The minimum absolute atomic E-state index is 0.176. The third-order valence-electron chi connectivity index (χ3n) is 4.14. The molecule has 3 aromatic rings. The number of benzene rings is 2. The Hall–Kier alpha value is -2.60. The largest absolute Gasteiger partial charge is 0.485 e. The van der Waals surface area contributed by atoms with Crippen molar-refractivity contribution in [2.24, 2.45) is 4.99 Å². The molecule has 6 heteroatoms. The van der Waals surface area contributed by atoms with E-state index in [-0.39, 0.29) is 12.5 Å². The lowest BCUT2D eigenvalue weighted by Gasteiger charge is -2.23. The summed E-state index contributed by atoms with van der Waals surface area (Å²) in [6.45, 7) is 5.03. The third kappa shape index (κ3) is 2.93. The first-order valence-corrected chi connectivity index (χ1v) is 9.04. The summed E-state index contributed by atoms with van der Waals surface area (Å²) >= 11 is 1.52. The van der Waals surface area contributed by atoms with Gasteiger partial charge in [-0.15, -0.1) is 0 Å². The van der Waals surface area contributed by atoms with Gasteiger partial charge in [0.25, 0.3) is 5.91 Å². The summed E-state index contributed by atoms with van der Waals surface area (Å²) in [4.78, 5) is 17.6. The fourth-order valence-electron chi connectivity index (χ4n) is 2.88. The predicted molar refractivity (Wildman–Crippen MR) is 97.1 cm³/mol. The predicted octanol–water partition coefficient (Wildman–Crippen LogP) is 3.30. The van der Waals surface area contributed by atoms with Gasteiger partial charge in [0.15, 0.2) is 16.3 Å². The van der Waals surface area contributed by atoms with Crippen LogP contribution in [0.25, 0.3) is 10.2 Å². The number of aryl methyl sites for hydroxylation is 2. The summed E-state index contributed by atoms with van der Waals surface area (Å²) in [6.07, 6.45) is -0.716. The molecule has 0 N–H and O–H groups in total. The van der Waals surface area contributed by atoms with E-state index in [1.807, 2.05) is 25.1 Å². The first kappa shape index (κ1) is 15.9. The van der Waals surface area contributed by atoms with E-state index < -0.39 is 6.10 Å². The Morgan fingerprint density at radius 3 is 2.88 bits per heavy atom. The molecule has 4 rings (SSSR count). The van der Waals surface area contributed by atoms with Crippen molar-refractivity contribution in [2.45, 2.75) is 26.5 Å². The molecule has 5 nitrogen and oxygen atoms in total. The van der Waals surface area contributed by atoms with E-state index in [1.54, 1.807) is 6.07 Å². The molecule has 1 aromatic heterocycles. The van der Waals surface area contributed by atoms with E-state index in [4.69, 9.17) is 9.47 Å². The molecule has 0 fully saturated rings. The van der Waals surface area contributed by atoms with Crippen molar-refractivity contribution in [3.8, 4) is 11.5 Å². The van der Waals surface area contributed by atoms with Gasteiger partial charge < -0.3 is 14.0 Å². The molecule has 0 saturated heterocycles. The van der Waals surface area contributed by atoms with Crippen LogP contribution >= 0.6 is 11.3 Å². The molecule has 1 atom stereocenters. The highest BCUT2D eigenvalue weighted by atomic mass is 32.1. The molecule has 25 heavy (non-hydrogen) atoms. The lowest BCUT2D eigenvalue weighted by molar-refractivity contribution is -0.127. The number of para-hydroxylation sites is 2. The summed E-state index contributed by atoms with van der Waals surface area (Å²) in [5, 5.41) is 0. The Labute approximate surface area is 149 Å². The Bertz CT molecular complexity index is 1020. The van der Waals surface area contributed by atoms with Crippen LogP contribution in [0, 0.1) is 6.92 Å². The van der Waals surface area contributed by atoms with Crippen LogP contribution in [0.15, 0.2) is 47.5 Å². The van der Waals surface area contributed by atoms with Crippen LogP contribution in [-0.2, 0) is 11.3 Å². The molecule has 2 aromatic carbocycles. The molecule has 0 aliphatic carbocycles. The van der Waals surface area contributed by atoms with Crippen molar-refractivity contribution in [1.82, 2.24) is 4.57 Å². The summed E-state index contributed by atoms with van der Waals surface area (Å²) in [6, 6.07) is 13.6. The van der Waals surface area contributed by atoms with E-state index >= 15 is 0 Å². The number of amides is 1. The molecule has 1 aliphatic rings. The van der Waals surface area contributed by atoms with Gasteiger partial charge in [-0.05, 0) is 43.7 Å². The van der Waals surface area contributed by atoms with Gasteiger partial charge in [-0.25, -0.2) is 0 Å². The normalized spacial score (nSPS) is 17.0. The van der Waals surface area contributed by atoms with Crippen LogP contribution in [0.5, 0.6) is 11.5 Å². The topological polar surface area (TPSA) is 52.8 Å². The Morgan fingerprint density at radius 1 is 1.28 bits per heavy atom. The molecule has 0 unspecified atom stereocenters. The van der Waals surface area contributed by atoms with Crippen LogP contribution in [0.3, 0.4) is 0 Å². The van der Waals surface area contributed by atoms with E-state index in [1.165, 1.54) is 16.9 Å². The maximum atomic E-state index is 12.6. The van der Waals surface area contributed by atoms with Crippen molar-refractivity contribution in [3.05, 3.63) is 52.8 Å². The zero-order chi connectivity index (χ0) is 17.4. The first-order valence-electron chi connectivity index (χ1n) is 8.23. The lowest BCUT2D eigenvalue weighted by Crippen LogP contribution is -2.36. The number of aromatic nitrogens is 1. The number of hydrogen-bond donors (Lipinski definition) is 0. The number of thiazole rings is 1. The fraction of sp³-hybridized carbons (Fsp3) is 0.263. The van der Waals surface area contributed by atoms with Crippen molar-refractivity contribution in [1.29, 1.82) is 0 Å². The van der Waals surface area contributed by atoms with Gasteiger partial charge in [-0.1, -0.05) is 29.5 Å². The van der Waals surface area contributed by atoms with Crippen molar-refractivity contribution in [3.63, 3.8) is 0 Å². The number of carbonyl (C=O) groups is 1. The lowest BCUT2D eigenvalue weighted by atomic mass is 10.2. The van der Waals surface area contributed by atoms with E-state index in [9.17, 15) is 4.79 Å². The van der Waals surface area contributed by atoms with Crippen molar-refractivity contribution >= 4 is 27.5 Å². The van der Waals surface area contributed by atoms with Gasteiger partial charge in [0.1, 0.15) is 6.61 Å². The molecule has 0 saturated carbocycles. The van der Waals surface area contributed by atoms with Gasteiger partial charge in [-0.2, -0.15) is 4.99 Å². The molecule has 0 spiro atoms. The SMILES string of the molecule is CCn1c(=NC(=O)[C@@H]2COc3ccccc3O2)sc2cc(C)ccc21. The zero-order valence-electron chi connectivity index (χ0n) is 14.1. The number of carbonyl (C=O) groups excluding carboxylic acids is 1. The van der Waals surface area contributed by atoms with Gasteiger partial charge in [-0.3, -0.25) is 4.79 Å². The highest BCUT2D eigenvalue weighted by Crippen LogP contribution is 2.31. The number of rotatable bonds is 2. The summed E-state index contributed by atoms with van der Waals surface area (Å²) < 4.78 is 14.6. The van der Waals surface area contributed by atoms with Gasteiger partial charge in [0, 0.05) is 6.54 Å². The van der Waals surface area contributed by atoms with Gasteiger partial charge in [0.2, 0.25) is 6.10 Å². The van der Waals surface area contributed by atoms with Crippen LogP contribution in [-0.4, -0.2) is 23.2 Å². The highest BCUT2D eigenvalue weighted by molar-refractivity contribution is 7.16. The van der Waals surface area contributed by atoms with Crippen LogP contribution < -0.4 is 14.3 Å².